The van der Waals surface area contributed by atoms with E-state index in [1.807, 2.05) is 0 Å². The molecule has 228 valence electrons. The molecule has 0 radical (unpaired) electrons. The van der Waals surface area contributed by atoms with Crippen LogP contribution in [0.3, 0.4) is 0 Å². The standard InChI is InChI=1S/C34H46F4O3/c1-2-3-22-39-29-16-12-26(13-17-29)7-5-4-6-25-8-10-27(11-9-25)24-40-30-18-14-28(15-19-30)34(37,38)41-31-20-21-32(35)33(36)23-31/h12-13,16-17,20-21,23,25,27-28,30H,2-11,14-15,18-19,22,24H2,1H3. The van der Waals surface area contributed by atoms with E-state index < -0.39 is 23.7 Å². The van der Waals surface area contributed by atoms with Crippen LogP contribution < -0.4 is 9.47 Å². The lowest BCUT2D eigenvalue weighted by molar-refractivity contribution is -0.226. The Morgan fingerprint density at radius 1 is 0.756 bits per heavy atom. The van der Waals surface area contributed by atoms with Gasteiger partial charge in [-0.2, -0.15) is 8.78 Å². The van der Waals surface area contributed by atoms with Gasteiger partial charge >= 0.3 is 6.11 Å². The molecule has 3 nitrogen and oxygen atoms in total. The summed E-state index contributed by atoms with van der Waals surface area (Å²) in [6.07, 6.45) is 10.2. The van der Waals surface area contributed by atoms with Gasteiger partial charge in [0.15, 0.2) is 11.6 Å². The number of ether oxygens (including phenoxy) is 3. The summed E-state index contributed by atoms with van der Waals surface area (Å²) < 4.78 is 72.4. The average Bonchev–Trinajstić information content (AvgIpc) is 2.98. The molecule has 0 aliphatic heterocycles. The third-order valence-corrected chi connectivity index (χ3v) is 8.85. The lowest BCUT2D eigenvalue weighted by Gasteiger charge is -2.34. The molecule has 0 unspecified atom stereocenters. The molecule has 0 N–H and O–H groups in total. The number of hydrogen-bond donors (Lipinski definition) is 0. The molecule has 2 aliphatic carbocycles. The minimum absolute atomic E-state index is 0.00000740. The Bertz CT molecular complexity index is 1030. The van der Waals surface area contributed by atoms with Crippen LogP contribution in [0, 0.1) is 29.4 Å². The Hall–Kier alpha value is -2.28. The normalized spacial score (nSPS) is 23.3. The third-order valence-electron chi connectivity index (χ3n) is 8.85. The van der Waals surface area contributed by atoms with Gasteiger partial charge in [0, 0.05) is 12.7 Å². The van der Waals surface area contributed by atoms with Crippen LogP contribution in [-0.2, 0) is 11.2 Å². The molecule has 4 rings (SSSR count). The molecule has 7 heteroatoms. The maximum absolute atomic E-state index is 14.6. The molecule has 0 aromatic heterocycles. The van der Waals surface area contributed by atoms with Crippen molar-refractivity contribution in [2.75, 3.05) is 13.2 Å². The Balaban J connectivity index is 1.05. The van der Waals surface area contributed by atoms with E-state index in [9.17, 15) is 17.6 Å². The zero-order chi connectivity index (χ0) is 29.1. The quantitative estimate of drug-likeness (QED) is 0.155. The number of unbranched alkanes of at least 4 members (excludes halogenated alkanes) is 2. The highest BCUT2D eigenvalue weighted by Gasteiger charge is 2.44. The molecule has 0 spiro atoms. The zero-order valence-corrected chi connectivity index (χ0v) is 24.4. The number of aryl methyl sites for hydroxylation is 1. The van der Waals surface area contributed by atoms with Gasteiger partial charge in [0.1, 0.15) is 11.5 Å². The number of hydrogen-bond acceptors (Lipinski definition) is 3. The second-order valence-corrected chi connectivity index (χ2v) is 12.0. The molecule has 2 saturated carbocycles. The van der Waals surface area contributed by atoms with E-state index in [2.05, 4.69) is 31.2 Å². The Morgan fingerprint density at radius 3 is 2.12 bits per heavy atom. The predicted octanol–water partition coefficient (Wildman–Crippen LogP) is 9.91. The lowest BCUT2D eigenvalue weighted by atomic mass is 9.80. The molecule has 41 heavy (non-hydrogen) atoms. The van der Waals surface area contributed by atoms with E-state index >= 15 is 0 Å². The summed E-state index contributed by atoms with van der Waals surface area (Å²) in [5, 5.41) is 0. The van der Waals surface area contributed by atoms with Crippen LogP contribution in [0.4, 0.5) is 17.6 Å². The van der Waals surface area contributed by atoms with Crippen molar-refractivity contribution in [1.82, 2.24) is 0 Å². The Labute approximate surface area is 243 Å². The van der Waals surface area contributed by atoms with Crippen molar-refractivity contribution in [2.24, 2.45) is 17.8 Å². The highest BCUT2D eigenvalue weighted by molar-refractivity contribution is 5.27. The minimum Gasteiger partial charge on any atom is -0.494 e. The zero-order valence-electron chi connectivity index (χ0n) is 24.4. The number of alkyl halides is 2. The van der Waals surface area contributed by atoms with E-state index in [0.717, 1.165) is 49.7 Å². The summed E-state index contributed by atoms with van der Waals surface area (Å²) in [5.41, 5.74) is 1.38. The molecule has 0 heterocycles. The molecule has 2 aromatic rings. The fourth-order valence-electron chi connectivity index (χ4n) is 6.15. The third kappa shape index (κ3) is 10.2. The van der Waals surface area contributed by atoms with Crippen LogP contribution in [0.2, 0.25) is 0 Å². The van der Waals surface area contributed by atoms with E-state index in [1.54, 1.807) is 0 Å². The van der Waals surface area contributed by atoms with E-state index in [0.29, 0.717) is 31.4 Å². The summed E-state index contributed by atoms with van der Waals surface area (Å²) in [6, 6.07) is 11.0. The van der Waals surface area contributed by atoms with Crippen molar-refractivity contribution in [3.8, 4) is 11.5 Å². The molecular formula is C34H46F4O3. The molecule has 0 saturated heterocycles. The largest absolute Gasteiger partial charge is 0.494 e. The van der Waals surface area contributed by atoms with E-state index in [-0.39, 0.29) is 24.7 Å². The SMILES string of the molecule is CCCCOc1ccc(CCCCC2CCC(COC3CCC(C(F)(F)Oc4ccc(F)c(F)c4)CC3)CC2)cc1. The van der Waals surface area contributed by atoms with Gasteiger partial charge in [-0.25, -0.2) is 8.78 Å². The van der Waals surface area contributed by atoms with E-state index in [1.165, 1.54) is 50.5 Å². The van der Waals surface area contributed by atoms with Crippen molar-refractivity contribution in [3.05, 3.63) is 59.7 Å². The highest BCUT2D eigenvalue weighted by atomic mass is 19.3. The Morgan fingerprint density at radius 2 is 1.44 bits per heavy atom. The van der Waals surface area contributed by atoms with Crippen LogP contribution in [0.5, 0.6) is 11.5 Å². The first-order valence-corrected chi connectivity index (χ1v) is 15.7. The molecule has 2 aliphatic rings. The smallest absolute Gasteiger partial charge is 0.400 e. The fraction of sp³-hybridized carbons (Fsp3) is 0.647. The van der Waals surface area contributed by atoms with Crippen LogP contribution in [0.15, 0.2) is 42.5 Å². The molecular weight excluding hydrogens is 532 g/mol. The highest BCUT2D eigenvalue weighted by Crippen LogP contribution is 2.40. The minimum atomic E-state index is -3.43. The van der Waals surface area contributed by atoms with Gasteiger partial charge in [-0.05, 0) is 99.5 Å². The van der Waals surface area contributed by atoms with Crippen molar-refractivity contribution in [1.29, 1.82) is 0 Å². The van der Waals surface area contributed by atoms with Gasteiger partial charge < -0.3 is 14.2 Å². The lowest BCUT2D eigenvalue weighted by Crippen LogP contribution is -2.38. The van der Waals surface area contributed by atoms with Crippen LogP contribution in [0.25, 0.3) is 0 Å². The first-order valence-electron chi connectivity index (χ1n) is 15.7. The van der Waals surface area contributed by atoms with Gasteiger partial charge in [-0.3, -0.25) is 0 Å². The van der Waals surface area contributed by atoms with Crippen molar-refractivity contribution in [2.45, 2.75) is 109 Å². The number of benzene rings is 2. The predicted molar refractivity (Wildman–Crippen MR) is 153 cm³/mol. The van der Waals surface area contributed by atoms with Crippen LogP contribution in [-0.4, -0.2) is 25.4 Å². The summed E-state index contributed by atoms with van der Waals surface area (Å²) in [7, 11) is 0. The summed E-state index contributed by atoms with van der Waals surface area (Å²) in [4.78, 5) is 0. The molecule has 2 aromatic carbocycles. The van der Waals surface area contributed by atoms with Crippen LogP contribution in [0.1, 0.15) is 96.0 Å². The van der Waals surface area contributed by atoms with Gasteiger partial charge in [0.2, 0.25) is 0 Å². The first-order chi connectivity index (χ1) is 19.8. The molecule has 2 fully saturated rings. The van der Waals surface area contributed by atoms with Gasteiger partial charge in [0.05, 0.1) is 18.6 Å². The van der Waals surface area contributed by atoms with E-state index in [4.69, 9.17) is 14.2 Å². The van der Waals surface area contributed by atoms with Gasteiger partial charge in [-0.1, -0.05) is 51.2 Å². The maximum Gasteiger partial charge on any atom is 0.400 e. The number of rotatable bonds is 15. The molecule has 0 amide bonds. The number of halogens is 4. The summed E-state index contributed by atoms with van der Waals surface area (Å²) >= 11 is 0. The maximum atomic E-state index is 14.6. The monoisotopic (exact) mass is 578 g/mol. The second kappa shape index (κ2) is 15.8. The molecule has 0 bridgehead atoms. The molecule has 0 atom stereocenters. The fourth-order valence-corrected chi connectivity index (χ4v) is 6.15. The van der Waals surface area contributed by atoms with Crippen molar-refractivity contribution in [3.63, 3.8) is 0 Å². The van der Waals surface area contributed by atoms with Crippen LogP contribution >= 0.6 is 0 Å². The Kier molecular flexibility index (Phi) is 12.2. The second-order valence-electron chi connectivity index (χ2n) is 12.0. The summed E-state index contributed by atoms with van der Waals surface area (Å²) in [5.74, 6) is -1.29. The van der Waals surface area contributed by atoms with Gasteiger partial charge in [-0.15, -0.1) is 0 Å². The summed E-state index contributed by atoms with van der Waals surface area (Å²) in [6.45, 7) is 3.66. The topological polar surface area (TPSA) is 27.7 Å². The van der Waals surface area contributed by atoms with Crippen molar-refractivity contribution >= 4 is 0 Å². The first kappa shape index (κ1) is 31.7. The van der Waals surface area contributed by atoms with Crippen molar-refractivity contribution < 1.29 is 31.8 Å². The van der Waals surface area contributed by atoms with Gasteiger partial charge in [0.25, 0.3) is 0 Å². The average molecular weight is 579 g/mol.